The smallest absolute Gasteiger partial charge is 0.315 e. The molecular formula is C18H27N5O3. The molecule has 8 heteroatoms. The molecule has 8 nitrogen and oxygen atoms in total. The first-order valence-electron chi connectivity index (χ1n) is 9.22. The van der Waals surface area contributed by atoms with Crippen molar-refractivity contribution in [2.24, 2.45) is 0 Å². The lowest BCUT2D eigenvalue weighted by atomic mass is 10.2. The van der Waals surface area contributed by atoms with E-state index in [-0.39, 0.29) is 18.0 Å². The number of hydrogen-bond donors (Lipinski definition) is 2. The van der Waals surface area contributed by atoms with Crippen molar-refractivity contribution in [3.63, 3.8) is 0 Å². The van der Waals surface area contributed by atoms with E-state index in [1.54, 1.807) is 6.20 Å². The zero-order valence-electron chi connectivity index (χ0n) is 15.2. The van der Waals surface area contributed by atoms with Gasteiger partial charge in [0.1, 0.15) is 5.82 Å². The topological polar surface area (TPSA) is 86.8 Å². The van der Waals surface area contributed by atoms with E-state index in [2.05, 4.69) is 20.5 Å². The number of amides is 3. The lowest BCUT2D eigenvalue weighted by molar-refractivity contribution is -0.127. The van der Waals surface area contributed by atoms with Crippen LogP contribution in [0.1, 0.15) is 25.3 Å². The molecule has 1 atom stereocenters. The Morgan fingerprint density at radius 2 is 2.15 bits per heavy atom. The van der Waals surface area contributed by atoms with E-state index in [9.17, 15) is 9.59 Å². The molecule has 3 rings (SSSR count). The van der Waals surface area contributed by atoms with Crippen LogP contribution in [0.5, 0.6) is 0 Å². The standard InChI is InChI=1S/C18H27N5O3/c1-14(13-23-7-3-5-16(23)24)21-18(25)20-12-15-4-2-6-19-17(15)22-8-10-26-11-9-22/h2,4,6,14H,3,5,7-13H2,1H3,(H2,20,21,25). The van der Waals surface area contributed by atoms with Crippen LogP contribution < -0.4 is 15.5 Å². The maximum Gasteiger partial charge on any atom is 0.315 e. The minimum absolute atomic E-state index is 0.0929. The monoisotopic (exact) mass is 361 g/mol. The molecule has 0 bridgehead atoms. The molecule has 2 aliphatic heterocycles. The van der Waals surface area contributed by atoms with Gasteiger partial charge in [-0.05, 0) is 19.4 Å². The molecule has 1 aromatic rings. The largest absolute Gasteiger partial charge is 0.378 e. The van der Waals surface area contributed by atoms with Crippen LogP contribution in [0.25, 0.3) is 0 Å². The van der Waals surface area contributed by atoms with Crippen molar-refractivity contribution in [3.05, 3.63) is 23.9 Å². The van der Waals surface area contributed by atoms with Crippen molar-refractivity contribution in [3.8, 4) is 0 Å². The van der Waals surface area contributed by atoms with Crippen LogP contribution in [-0.4, -0.2) is 67.3 Å². The minimum Gasteiger partial charge on any atom is -0.378 e. The fraction of sp³-hybridized carbons (Fsp3) is 0.611. The van der Waals surface area contributed by atoms with Crippen LogP contribution >= 0.6 is 0 Å². The second-order valence-corrected chi connectivity index (χ2v) is 6.76. The Bertz CT molecular complexity index is 633. The third kappa shape index (κ3) is 4.85. The summed E-state index contributed by atoms with van der Waals surface area (Å²) in [7, 11) is 0. The number of carbonyl (C=O) groups is 2. The second kappa shape index (κ2) is 8.84. The number of ether oxygens (including phenoxy) is 1. The lowest BCUT2D eigenvalue weighted by Gasteiger charge is -2.29. The van der Waals surface area contributed by atoms with Gasteiger partial charge in [0.05, 0.1) is 13.2 Å². The van der Waals surface area contributed by atoms with E-state index >= 15 is 0 Å². The van der Waals surface area contributed by atoms with Crippen LogP contribution in [0.2, 0.25) is 0 Å². The minimum atomic E-state index is -0.235. The molecule has 2 aliphatic rings. The number of nitrogens with one attached hydrogen (secondary N) is 2. The molecule has 2 fully saturated rings. The van der Waals surface area contributed by atoms with Gasteiger partial charge in [-0.3, -0.25) is 4.79 Å². The lowest BCUT2D eigenvalue weighted by Crippen LogP contribution is -2.46. The fourth-order valence-corrected chi connectivity index (χ4v) is 3.35. The highest BCUT2D eigenvalue weighted by molar-refractivity contribution is 5.78. The predicted molar refractivity (Wildman–Crippen MR) is 97.9 cm³/mol. The number of carbonyl (C=O) groups excluding carboxylic acids is 2. The van der Waals surface area contributed by atoms with Crippen molar-refractivity contribution >= 4 is 17.8 Å². The predicted octanol–water partition coefficient (Wildman–Crippen LogP) is 0.728. The highest BCUT2D eigenvalue weighted by atomic mass is 16.5. The summed E-state index contributed by atoms with van der Waals surface area (Å²) in [6.07, 6.45) is 3.29. The van der Waals surface area contributed by atoms with Crippen LogP contribution in [0.3, 0.4) is 0 Å². The zero-order valence-corrected chi connectivity index (χ0v) is 15.2. The molecule has 1 unspecified atom stereocenters. The molecule has 0 aromatic carbocycles. The molecule has 26 heavy (non-hydrogen) atoms. The fourth-order valence-electron chi connectivity index (χ4n) is 3.35. The third-order valence-electron chi connectivity index (χ3n) is 4.66. The average Bonchev–Trinajstić information content (AvgIpc) is 3.05. The number of urea groups is 1. The number of pyridine rings is 1. The Balaban J connectivity index is 1.49. The van der Waals surface area contributed by atoms with Gasteiger partial charge >= 0.3 is 6.03 Å². The Morgan fingerprint density at radius 3 is 2.88 bits per heavy atom. The number of hydrogen-bond acceptors (Lipinski definition) is 5. The molecule has 3 amide bonds. The summed E-state index contributed by atoms with van der Waals surface area (Å²) in [4.78, 5) is 32.3. The summed E-state index contributed by atoms with van der Waals surface area (Å²) in [5.74, 6) is 1.07. The van der Waals surface area contributed by atoms with Gasteiger partial charge in [-0.2, -0.15) is 0 Å². The van der Waals surface area contributed by atoms with Gasteiger partial charge in [0, 0.05) is 56.9 Å². The zero-order chi connectivity index (χ0) is 18.4. The average molecular weight is 361 g/mol. The van der Waals surface area contributed by atoms with E-state index in [0.29, 0.717) is 32.7 Å². The van der Waals surface area contributed by atoms with Gasteiger partial charge in [-0.25, -0.2) is 9.78 Å². The first kappa shape index (κ1) is 18.4. The van der Waals surface area contributed by atoms with Gasteiger partial charge < -0.3 is 25.2 Å². The van der Waals surface area contributed by atoms with Crippen LogP contribution in [0, 0.1) is 0 Å². The van der Waals surface area contributed by atoms with E-state index < -0.39 is 0 Å². The molecular weight excluding hydrogens is 334 g/mol. The van der Waals surface area contributed by atoms with E-state index in [1.165, 1.54) is 0 Å². The molecule has 2 saturated heterocycles. The summed E-state index contributed by atoms with van der Waals surface area (Å²) < 4.78 is 5.39. The quantitative estimate of drug-likeness (QED) is 0.780. The maximum atomic E-state index is 12.2. The number of likely N-dealkylation sites (tertiary alicyclic amines) is 1. The van der Waals surface area contributed by atoms with Crippen LogP contribution in [0.4, 0.5) is 10.6 Å². The van der Waals surface area contributed by atoms with Gasteiger partial charge in [-0.1, -0.05) is 6.07 Å². The molecule has 2 N–H and O–H groups in total. The highest BCUT2D eigenvalue weighted by Gasteiger charge is 2.22. The SMILES string of the molecule is CC(CN1CCCC1=O)NC(=O)NCc1cccnc1N1CCOCC1. The number of aromatic nitrogens is 1. The van der Waals surface area contributed by atoms with Crippen molar-refractivity contribution in [1.82, 2.24) is 20.5 Å². The summed E-state index contributed by atoms with van der Waals surface area (Å²) in [6, 6.07) is 3.52. The van der Waals surface area contributed by atoms with Crippen molar-refractivity contribution in [2.75, 3.05) is 44.3 Å². The van der Waals surface area contributed by atoms with Gasteiger partial charge in [0.2, 0.25) is 5.91 Å². The first-order valence-corrected chi connectivity index (χ1v) is 9.22. The number of morpholine rings is 1. The van der Waals surface area contributed by atoms with Gasteiger partial charge in [0.15, 0.2) is 0 Å². The molecule has 3 heterocycles. The Morgan fingerprint density at radius 1 is 1.35 bits per heavy atom. The summed E-state index contributed by atoms with van der Waals surface area (Å²) in [5, 5.41) is 5.79. The van der Waals surface area contributed by atoms with Gasteiger partial charge in [0.25, 0.3) is 0 Å². The molecule has 1 aromatic heterocycles. The van der Waals surface area contributed by atoms with Crippen LogP contribution in [-0.2, 0) is 16.1 Å². The molecule has 0 spiro atoms. The van der Waals surface area contributed by atoms with Crippen molar-refractivity contribution in [2.45, 2.75) is 32.4 Å². The van der Waals surface area contributed by atoms with E-state index in [4.69, 9.17) is 4.74 Å². The molecule has 0 saturated carbocycles. The number of nitrogens with zero attached hydrogens (tertiary/aromatic N) is 3. The molecule has 0 radical (unpaired) electrons. The summed E-state index contributed by atoms with van der Waals surface area (Å²) in [5.41, 5.74) is 0.979. The Labute approximate surface area is 153 Å². The third-order valence-corrected chi connectivity index (χ3v) is 4.66. The molecule has 0 aliphatic carbocycles. The second-order valence-electron chi connectivity index (χ2n) is 6.76. The normalized spacial score (nSPS) is 18.7. The number of anilines is 1. The van der Waals surface area contributed by atoms with Gasteiger partial charge in [-0.15, -0.1) is 0 Å². The Hall–Kier alpha value is -2.35. The Kier molecular flexibility index (Phi) is 6.27. The summed E-state index contributed by atoms with van der Waals surface area (Å²) in [6.45, 7) is 6.64. The number of rotatable bonds is 6. The molecule has 142 valence electrons. The van der Waals surface area contributed by atoms with Crippen LogP contribution in [0.15, 0.2) is 18.3 Å². The van der Waals surface area contributed by atoms with E-state index in [1.807, 2.05) is 24.0 Å². The van der Waals surface area contributed by atoms with E-state index in [0.717, 1.165) is 37.4 Å². The first-order chi connectivity index (χ1) is 12.6. The summed E-state index contributed by atoms with van der Waals surface area (Å²) >= 11 is 0. The maximum absolute atomic E-state index is 12.2. The highest BCUT2D eigenvalue weighted by Crippen LogP contribution is 2.18. The van der Waals surface area contributed by atoms with Crippen molar-refractivity contribution in [1.29, 1.82) is 0 Å². The van der Waals surface area contributed by atoms with Crippen molar-refractivity contribution < 1.29 is 14.3 Å².